The van der Waals surface area contributed by atoms with Crippen LogP contribution in [0.25, 0.3) is 0 Å². The van der Waals surface area contributed by atoms with Gasteiger partial charge in [0, 0.05) is 6.54 Å². The van der Waals surface area contributed by atoms with E-state index >= 15 is 0 Å². The number of rotatable bonds is 4. The van der Waals surface area contributed by atoms with Crippen LogP contribution in [0.15, 0.2) is 0 Å². The highest BCUT2D eigenvalue weighted by molar-refractivity contribution is 5.83. The second-order valence-electron chi connectivity index (χ2n) is 5.44. The first kappa shape index (κ1) is 12.8. The van der Waals surface area contributed by atoms with Crippen LogP contribution in [0.2, 0.25) is 0 Å². The van der Waals surface area contributed by atoms with E-state index < -0.39 is 23.5 Å². The van der Waals surface area contributed by atoms with Crippen molar-refractivity contribution in [2.75, 3.05) is 6.54 Å². The van der Waals surface area contributed by atoms with Crippen molar-refractivity contribution in [3.05, 3.63) is 0 Å². The van der Waals surface area contributed by atoms with E-state index in [4.69, 9.17) is 5.11 Å². The highest BCUT2D eigenvalue weighted by Crippen LogP contribution is 2.27. The van der Waals surface area contributed by atoms with Gasteiger partial charge in [0.2, 0.25) is 0 Å². The Morgan fingerprint density at radius 2 is 1.94 bits per heavy atom. The summed E-state index contributed by atoms with van der Waals surface area (Å²) in [4.78, 5) is 22.4. The molecule has 1 aliphatic carbocycles. The molecule has 0 aromatic heterocycles. The van der Waals surface area contributed by atoms with Gasteiger partial charge in [0.25, 0.3) is 0 Å². The van der Waals surface area contributed by atoms with Gasteiger partial charge in [-0.25, -0.2) is 9.59 Å². The molecule has 0 spiro atoms. The second-order valence-corrected chi connectivity index (χ2v) is 5.44. The van der Waals surface area contributed by atoms with Crippen LogP contribution in [0.1, 0.15) is 33.6 Å². The highest BCUT2D eigenvalue weighted by Gasteiger charge is 2.32. The summed E-state index contributed by atoms with van der Waals surface area (Å²) >= 11 is 0. The lowest BCUT2D eigenvalue weighted by Gasteiger charge is -2.27. The Bertz CT molecular complexity index is 279. The lowest BCUT2D eigenvalue weighted by atomic mass is 9.87. The van der Waals surface area contributed by atoms with Crippen LogP contribution in [0.4, 0.5) is 4.79 Å². The van der Waals surface area contributed by atoms with Crippen LogP contribution in [0.5, 0.6) is 0 Å². The van der Waals surface area contributed by atoms with Gasteiger partial charge >= 0.3 is 12.0 Å². The van der Waals surface area contributed by atoms with Crippen LogP contribution in [-0.4, -0.2) is 29.7 Å². The zero-order chi connectivity index (χ0) is 12.3. The molecule has 0 saturated heterocycles. The van der Waals surface area contributed by atoms with Gasteiger partial charge in [-0.15, -0.1) is 0 Å². The van der Waals surface area contributed by atoms with Gasteiger partial charge in [-0.3, -0.25) is 0 Å². The molecule has 0 bridgehead atoms. The fourth-order valence-electron chi connectivity index (χ4n) is 1.39. The smallest absolute Gasteiger partial charge is 0.326 e. The summed E-state index contributed by atoms with van der Waals surface area (Å²) in [6, 6.07) is -1.26. The molecule has 3 N–H and O–H groups in total. The number of hydrogen-bond donors (Lipinski definition) is 3. The maximum Gasteiger partial charge on any atom is 0.326 e. The first-order valence-electron chi connectivity index (χ1n) is 5.58. The molecule has 0 aromatic carbocycles. The molecule has 0 aliphatic heterocycles. The predicted octanol–water partition coefficient (Wildman–Crippen LogP) is 1.19. The predicted molar refractivity (Wildman–Crippen MR) is 60.1 cm³/mol. The van der Waals surface area contributed by atoms with Gasteiger partial charge in [0.15, 0.2) is 0 Å². The normalized spacial score (nSPS) is 17.7. The Hall–Kier alpha value is -1.26. The number of urea groups is 1. The fourth-order valence-corrected chi connectivity index (χ4v) is 1.39. The summed E-state index contributed by atoms with van der Waals surface area (Å²) in [5, 5.41) is 14.2. The van der Waals surface area contributed by atoms with Crippen molar-refractivity contribution in [1.82, 2.24) is 10.6 Å². The minimum Gasteiger partial charge on any atom is -0.480 e. The van der Waals surface area contributed by atoms with Crippen LogP contribution in [0, 0.1) is 11.3 Å². The number of carbonyl (C=O) groups excluding carboxylic acids is 1. The molecule has 0 radical (unpaired) electrons. The fraction of sp³-hybridized carbons (Fsp3) is 0.818. The molecular formula is C11H20N2O3. The number of aliphatic carboxylic acids is 1. The van der Waals surface area contributed by atoms with E-state index in [1.165, 1.54) is 0 Å². The summed E-state index contributed by atoms with van der Waals surface area (Å²) in [7, 11) is 0. The average Bonchev–Trinajstić information content (AvgIpc) is 2.91. The zero-order valence-corrected chi connectivity index (χ0v) is 10.0. The molecule has 5 heteroatoms. The van der Waals surface area contributed by atoms with Gasteiger partial charge in [0.1, 0.15) is 6.04 Å². The van der Waals surface area contributed by atoms with Crippen molar-refractivity contribution in [3.63, 3.8) is 0 Å². The van der Waals surface area contributed by atoms with Crippen molar-refractivity contribution in [2.45, 2.75) is 39.7 Å². The van der Waals surface area contributed by atoms with E-state index in [-0.39, 0.29) is 0 Å². The number of carboxylic acids is 1. The minimum absolute atomic E-state index is 0.394. The van der Waals surface area contributed by atoms with Crippen LogP contribution < -0.4 is 10.6 Å². The third-order valence-electron chi connectivity index (χ3n) is 2.64. The monoisotopic (exact) mass is 228 g/mol. The van der Waals surface area contributed by atoms with E-state index in [0.717, 1.165) is 12.8 Å². The molecule has 0 heterocycles. The molecular weight excluding hydrogens is 208 g/mol. The number of hydrogen-bond acceptors (Lipinski definition) is 2. The van der Waals surface area contributed by atoms with E-state index in [1.54, 1.807) is 20.8 Å². The maximum absolute atomic E-state index is 11.5. The molecule has 0 aromatic rings. The van der Waals surface area contributed by atoms with Crippen molar-refractivity contribution in [2.24, 2.45) is 11.3 Å². The molecule has 1 rings (SSSR count). The number of carbonyl (C=O) groups is 2. The summed E-state index contributed by atoms with van der Waals surface area (Å²) in [6.45, 7) is 6.00. The second kappa shape index (κ2) is 4.72. The van der Waals surface area contributed by atoms with Gasteiger partial charge in [0.05, 0.1) is 0 Å². The topological polar surface area (TPSA) is 78.4 Å². The Morgan fingerprint density at radius 1 is 1.38 bits per heavy atom. The molecule has 1 aliphatic rings. The lowest BCUT2D eigenvalue weighted by molar-refractivity contribution is -0.141. The number of nitrogens with one attached hydrogen (secondary N) is 2. The molecule has 2 amide bonds. The third-order valence-corrected chi connectivity index (χ3v) is 2.64. The third kappa shape index (κ3) is 4.08. The van der Waals surface area contributed by atoms with Crippen molar-refractivity contribution in [1.29, 1.82) is 0 Å². The molecule has 1 saturated carbocycles. The van der Waals surface area contributed by atoms with Gasteiger partial charge < -0.3 is 15.7 Å². The molecule has 5 nitrogen and oxygen atoms in total. The first-order valence-corrected chi connectivity index (χ1v) is 5.58. The van der Waals surface area contributed by atoms with Gasteiger partial charge in [-0.2, -0.15) is 0 Å². The number of carboxylic acid groups (broad SMARTS) is 1. The highest BCUT2D eigenvalue weighted by atomic mass is 16.4. The van der Waals surface area contributed by atoms with Crippen LogP contribution in [-0.2, 0) is 4.79 Å². The lowest BCUT2D eigenvalue weighted by Crippen LogP contribution is -2.52. The number of amides is 2. The van der Waals surface area contributed by atoms with Crippen molar-refractivity contribution in [3.8, 4) is 0 Å². The van der Waals surface area contributed by atoms with Crippen LogP contribution in [0.3, 0.4) is 0 Å². The first-order chi connectivity index (χ1) is 7.30. The van der Waals surface area contributed by atoms with Crippen molar-refractivity contribution < 1.29 is 14.7 Å². The zero-order valence-electron chi connectivity index (χ0n) is 10.0. The molecule has 1 unspecified atom stereocenters. The average molecular weight is 228 g/mol. The molecule has 92 valence electrons. The van der Waals surface area contributed by atoms with Gasteiger partial charge in [-0.05, 0) is 24.2 Å². The van der Waals surface area contributed by atoms with Crippen molar-refractivity contribution >= 4 is 12.0 Å². The van der Waals surface area contributed by atoms with E-state index in [0.29, 0.717) is 12.5 Å². The summed E-state index contributed by atoms with van der Waals surface area (Å²) in [5.41, 5.74) is -0.497. The van der Waals surface area contributed by atoms with E-state index in [2.05, 4.69) is 10.6 Å². The quantitative estimate of drug-likeness (QED) is 0.676. The molecule has 1 fully saturated rings. The van der Waals surface area contributed by atoms with Crippen LogP contribution >= 0.6 is 0 Å². The molecule has 16 heavy (non-hydrogen) atoms. The summed E-state index contributed by atoms with van der Waals surface area (Å²) in [5.74, 6) is -0.419. The Kier molecular flexibility index (Phi) is 3.78. The largest absolute Gasteiger partial charge is 0.480 e. The van der Waals surface area contributed by atoms with E-state index in [1.807, 2.05) is 0 Å². The molecule has 1 atom stereocenters. The SMILES string of the molecule is CC(C)(C)C(NC(=O)NCC1CC1)C(=O)O. The Morgan fingerprint density at radius 3 is 2.31 bits per heavy atom. The standard InChI is InChI=1S/C11H20N2O3/c1-11(2,3)8(9(14)15)13-10(16)12-6-7-4-5-7/h7-8H,4-6H2,1-3H3,(H,14,15)(H2,12,13,16). The summed E-state index contributed by atoms with van der Waals surface area (Å²) in [6.07, 6.45) is 2.31. The Balaban J connectivity index is 2.40. The summed E-state index contributed by atoms with van der Waals surface area (Å²) < 4.78 is 0. The van der Waals surface area contributed by atoms with E-state index in [9.17, 15) is 9.59 Å². The Labute approximate surface area is 95.6 Å². The maximum atomic E-state index is 11.5. The van der Waals surface area contributed by atoms with Gasteiger partial charge in [-0.1, -0.05) is 20.8 Å². The minimum atomic E-state index is -1.01.